The summed E-state index contributed by atoms with van der Waals surface area (Å²) in [5.41, 5.74) is -0.429. The van der Waals surface area contributed by atoms with Gasteiger partial charge in [-0.2, -0.15) is 0 Å². The Morgan fingerprint density at radius 1 is 1.36 bits per heavy atom. The van der Waals surface area contributed by atoms with Gasteiger partial charge in [0.05, 0.1) is 7.11 Å². The molecule has 2 aliphatic rings. The highest BCUT2D eigenvalue weighted by atomic mass is 35.5. The second-order valence-electron chi connectivity index (χ2n) is 6.16. The summed E-state index contributed by atoms with van der Waals surface area (Å²) in [6.45, 7) is 1.64. The number of esters is 1. The van der Waals surface area contributed by atoms with Gasteiger partial charge in [0, 0.05) is 18.1 Å². The van der Waals surface area contributed by atoms with Gasteiger partial charge >= 0.3 is 5.97 Å². The molecule has 4 nitrogen and oxygen atoms in total. The molecule has 1 aromatic rings. The van der Waals surface area contributed by atoms with Crippen LogP contribution in [0.5, 0.6) is 5.75 Å². The number of halogens is 1. The van der Waals surface area contributed by atoms with E-state index in [2.05, 4.69) is 4.90 Å². The Hall–Kier alpha value is -1.26. The van der Waals surface area contributed by atoms with Crippen molar-refractivity contribution in [3.05, 3.63) is 29.3 Å². The van der Waals surface area contributed by atoms with Gasteiger partial charge in [-0.3, -0.25) is 9.69 Å². The quantitative estimate of drug-likeness (QED) is 0.797. The first-order chi connectivity index (χ1) is 10.6. The van der Waals surface area contributed by atoms with Crippen LogP contribution in [0.3, 0.4) is 0 Å². The number of hydrogen-bond donors (Lipinski definition) is 0. The first kappa shape index (κ1) is 15.6. The number of likely N-dealkylation sites (tertiary alicyclic amines) is 1. The molecule has 1 saturated carbocycles. The third-order valence-electron chi connectivity index (χ3n) is 4.85. The van der Waals surface area contributed by atoms with E-state index in [0.29, 0.717) is 5.02 Å². The van der Waals surface area contributed by atoms with Crippen molar-refractivity contribution >= 4 is 17.6 Å². The van der Waals surface area contributed by atoms with E-state index in [1.54, 1.807) is 0 Å². The third-order valence-corrected chi connectivity index (χ3v) is 5.08. The molecule has 1 atom stereocenters. The smallest absolute Gasteiger partial charge is 0.326 e. The Labute approximate surface area is 136 Å². The zero-order chi connectivity index (χ0) is 15.6. The first-order valence-corrected chi connectivity index (χ1v) is 8.27. The number of rotatable bonds is 4. The zero-order valence-corrected chi connectivity index (χ0v) is 13.6. The van der Waals surface area contributed by atoms with Gasteiger partial charge in [-0.1, -0.05) is 30.5 Å². The number of carbonyl (C=O) groups excluding carboxylic acids is 1. The van der Waals surface area contributed by atoms with E-state index in [1.807, 2.05) is 24.3 Å². The van der Waals surface area contributed by atoms with Gasteiger partial charge in [0.25, 0.3) is 0 Å². The van der Waals surface area contributed by atoms with Crippen LogP contribution >= 0.6 is 11.6 Å². The van der Waals surface area contributed by atoms with E-state index >= 15 is 0 Å². The van der Waals surface area contributed by atoms with Gasteiger partial charge in [0.1, 0.15) is 17.4 Å². The van der Waals surface area contributed by atoms with Gasteiger partial charge in [-0.25, -0.2) is 0 Å². The molecule has 0 aromatic heterocycles. The summed E-state index contributed by atoms with van der Waals surface area (Å²) in [5.74, 6) is 0.700. The molecule has 0 radical (unpaired) electrons. The fourth-order valence-electron chi connectivity index (χ4n) is 3.75. The van der Waals surface area contributed by atoms with Crippen LogP contribution in [-0.4, -0.2) is 42.7 Å². The second-order valence-corrected chi connectivity index (χ2v) is 6.60. The molecule has 22 heavy (non-hydrogen) atoms. The minimum absolute atomic E-state index is 0.0894. The van der Waals surface area contributed by atoms with Crippen molar-refractivity contribution in [2.75, 3.05) is 20.2 Å². The fourth-order valence-corrected chi connectivity index (χ4v) is 3.93. The lowest BCUT2D eigenvalue weighted by Crippen LogP contribution is -2.52. The average molecular weight is 324 g/mol. The van der Waals surface area contributed by atoms with Crippen molar-refractivity contribution in [2.45, 2.75) is 43.7 Å². The first-order valence-electron chi connectivity index (χ1n) is 7.90. The summed E-state index contributed by atoms with van der Waals surface area (Å²) < 4.78 is 11.1. The number of nitrogens with zero attached hydrogens (tertiary/aromatic N) is 1. The molecule has 0 amide bonds. The topological polar surface area (TPSA) is 38.8 Å². The van der Waals surface area contributed by atoms with E-state index in [1.165, 1.54) is 7.11 Å². The molecule has 1 saturated heterocycles. The van der Waals surface area contributed by atoms with E-state index in [-0.39, 0.29) is 12.1 Å². The highest BCUT2D eigenvalue weighted by molar-refractivity contribution is 6.30. The van der Waals surface area contributed by atoms with Crippen LogP contribution in [0.4, 0.5) is 0 Å². The summed E-state index contributed by atoms with van der Waals surface area (Å²) in [6, 6.07) is 7.47. The molecule has 3 rings (SSSR count). The van der Waals surface area contributed by atoms with Gasteiger partial charge < -0.3 is 9.47 Å². The molecule has 0 unspecified atom stereocenters. The van der Waals surface area contributed by atoms with Crippen molar-refractivity contribution < 1.29 is 14.3 Å². The molecular formula is C17H22ClNO3. The molecule has 0 bridgehead atoms. The molecule has 0 N–H and O–H groups in total. The highest BCUT2D eigenvalue weighted by Crippen LogP contribution is 2.39. The lowest BCUT2D eigenvalue weighted by molar-refractivity contribution is -0.154. The summed E-state index contributed by atoms with van der Waals surface area (Å²) in [6.07, 6.45) is 4.98. The lowest BCUT2D eigenvalue weighted by atomic mass is 9.95. The minimum atomic E-state index is -0.429. The highest BCUT2D eigenvalue weighted by Gasteiger charge is 2.49. The summed E-state index contributed by atoms with van der Waals surface area (Å²) in [7, 11) is 1.48. The zero-order valence-electron chi connectivity index (χ0n) is 12.9. The van der Waals surface area contributed by atoms with Crippen LogP contribution in [0.25, 0.3) is 0 Å². The molecule has 1 aromatic carbocycles. The Morgan fingerprint density at radius 2 is 2.14 bits per heavy atom. The van der Waals surface area contributed by atoms with Crippen molar-refractivity contribution in [2.24, 2.45) is 0 Å². The largest absolute Gasteiger partial charge is 0.489 e. The van der Waals surface area contributed by atoms with Crippen LogP contribution < -0.4 is 4.74 Å². The summed E-state index contributed by atoms with van der Waals surface area (Å²) >= 11 is 5.99. The Morgan fingerprint density at radius 3 is 2.82 bits per heavy atom. The minimum Gasteiger partial charge on any atom is -0.489 e. The fraction of sp³-hybridized carbons (Fsp3) is 0.588. The standard InChI is InChI=1S/C17H22ClNO3/c1-21-16(20)17(8-2-3-9-17)19-10-7-15(12-19)22-14-6-4-5-13(18)11-14/h4-6,11,15H,2-3,7-10,12H2,1H3/t15-/m1/s1. The Kier molecular flexibility index (Phi) is 4.59. The van der Waals surface area contributed by atoms with Gasteiger partial charge in [-0.05, 0) is 37.5 Å². The Balaban J connectivity index is 1.67. The predicted molar refractivity (Wildman–Crippen MR) is 85.3 cm³/mol. The number of methoxy groups -OCH3 is 1. The summed E-state index contributed by atoms with van der Waals surface area (Å²) in [5, 5.41) is 0.675. The second kappa shape index (κ2) is 6.47. The molecule has 0 spiro atoms. The van der Waals surface area contributed by atoms with E-state index in [0.717, 1.165) is 50.9 Å². The SMILES string of the molecule is COC(=O)C1(N2CC[C@@H](Oc3cccc(Cl)c3)C2)CCCC1. The molecule has 5 heteroatoms. The van der Waals surface area contributed by atoms with E-state index in [9.17, 15) is 4.79 Å². The molecule has 1 aliphatic carbocycles. The molecule has 1 heterocycles. The van der Waals surface area contributed by atoms with Gasteiger partial charge in [0.15, 0.2) is 0 Å². The average Bonchev–Trinajstić information content (AvgIpc) is 3.16. The summed E-state index contributed by atoms with van der Waals surface area (Å²) in [4.78, 5) is 14.6. The van der Waals surface area contributed by atoms with Crippen LogP contribution in [0.15, 0.2) is 24.3 Å². The van der Waals surface area contributed by atoms with E-state index < -0.39 is 5.54 Å². The molecular weight excluding hydrogens is 302 g/mol. The maximum atomic E-state index is 12.3. The van der Waals surface area contributed by atoms with Gasteiger partial charge in [-0.15, -0.1) is 0 Å². The third kappa shape index (κ3) is 2.95. The van der Waals surface area contributed by atoms with Crippen LogP contribution in [0.2, 0.25) is 5.02 Å². The van der Waals surface area contributed by atoms with E-state index in [4.69, 9.17) is 21.1 Å². The van der Waals surface area contributed by atoms with Gasteiger partial charge in [0.2, 0.25) is 0 Å². The van der Waals surface area contributed by atoms with Crippen molar-refractivity contribution in [3.8, 4) is 5.75 Å². The monoisotopic (exact) mass is 323 g/mol. The molecule has 120 valence electrons. The molecule has 1 aliphatic heterocycles. The lowest BCUT2D eigenvalue weighted by Gasteiger charge is -2.35. The predicted octanol–water partition coefficient (Wildman–Crippen LogP) is 3.28. The number of carbonyl (C=O) groups is 1. The number of hydrogen-bond acceptors (Lipinski definition) is 4. The number of benzene rings is 1. The number of ether oxygens (including phenoxy) is 2. The van der Waals surface area contributed by atoms with Crippen LogP contribution in [0, 0.1) is 0 Å². The molecule has 2 fully saturated rings. The maximum Gasteiger partial charge on any atom is 0.326 e. The van der Waals surface area contributed by atoms with Crippen molar-refractivity contribution in [1.82, 2.24) is 4.90 Å². The van der Waals surface area contributed by atoms with Crippen molar-refractivity contribution in [3.63, 3.8) is 0 Å². The Bertz CT molecular complexity index is 542. The van der Waals surface area contributed by atoms with Crippen LogP contribution in [0.1, 0.15) is 32.1 Å². The van der Waals surface area contributed by atoms with Crippen LogP contribution in [-0.2, 0) is 9.53 Å². The van der Waals surface area contributed by atoms with Crippen molar-refractivity contribution in [1.29, 1.82) is 0 Å². The normalized spacial score (nSPS) is 24.4. The maximum absolute atomic E-state index is 12.3.